The molecule has 0 amide bonds. The van der Waals surface area contributed by atoms with E-state index in [1.807, 2.05) is 6.92 Å². The number of hydrogen-bond donors (Lipinski definition) is 2. The fourth-order valence-corrected chi connectivity index (χ4v) is 2.55. The Bertz CT molecular complexity index is 520. The lowest BCUT2D eigenvalue weighted by atomic mass is 9.91. The zero-order valence-corrected chi connectivity index (χ0v) is 11.7. The Morgan fingerprint density at radius 2 is 2.17 bits per heavy atom. The van der Waals surface area contributed by atoms with Crippen LogP contribution in [0.1, 0.15) is 24.3 Å². The summed E-state index contributed by atoms with van der Waals surface area (Å²) in [5.41, 5.74) is 6.74. The lowest BCUT2D eigenvalue weighted by molar-refractivity contribution is 0.568. The van der Waals surface area contributed by atoms with Crippen LogP contribution in [0.2, 0.25) is 0 Å². The Labute approximate surface area is 111 Å². The number of hydrogen-bond acceptors (Lipinski definition) is 5. The van der Waals surface area contributed by atoms with Gasteiger partial charge >= 0.3 is 0 Å². The first-order valence-electron chi connectivity index (χ1n) is 5.85. The molecule has 0 radical (unpaired) electrons. The van der Waals surface area contributed by atoms with Gasteiger partial charge < -0.3 is 11.1 Å². The van der Waals surface area contributed by atoms with Crippen molar-refractivity contribution in [1.82, 2.24) is 9.97 Å². The van der Waals surface area contributed by atoms with E-state index in [-0.39, 0.29) is 5.41 Å². The maximum absolute atomic E-state index is 5.77. The molecule has 0 fully saturated rings. The fraction of sp³-hybridized carbons (Fsp3) is 0.385. The highest BCUT2D eigenvalue weighted by Gasteiger charge is 2.22. The summed E-state index contributed by atoms with van der Waals surface area (Å²) in [7, 11) is 0. The monoisotopic (exact) mass is 262 g/mol. The van der Waals surface area contributed by atoms with Crippen LogP contribution >= 0.6 is 11.3 Å². The summed E-state index contributed by atoms with van der Waals surface area (Å²) in [5, 5.41) is 5.46. The smallest absolute Gasteiger partial charge is 0.134 e. The molecule has 18 heavy (non-hydrogen) atoms. The normalized spacial score (nSPS) is 11.5. The molecule has 4 nitrogen and oxygen atoms in total. The predicted molar refractivity (Wildman–Crippen MR) is 77.0 cm³/mol. The SMILES string of the molecule is Cc1c(N)ncnc1NCC(C)(C)c1cccs1. The highest BCUT2D eigenvalue weighted by atomic mass is 32.1. The minimum absolute atomic E-state index is 0.0698. The number of nitrogens with two attached hydrogens (primary N) is 1. The number of aromatic nitrogens is 2. The number of thiophene rings is 1. The van der Waals surface area contributed by atoms with Crippen molar-refractivity contribution in [3.63, 3.8) is 0 Å². The Hall–Kier alpha value is -1.62. The summed E-state index contributed by atoms with van der Waals surface area (Å²) in [6.45, 7) is 7.16. The van der Waals surface area contributed by atoms with Gasteiger partial charge in [0.25, 0.3) is 0 Å². The van der Waals surface area contributed by atoms with Gasteiger partial charge in [-0.1, -0.05) is 19.9 Å². The van der Waals surface area contributed by atoms with Crippen molar-refractivity contribution in [3.05, 3.63) is 34.3 Å². The van der Waals surface area contributed by atoms with Gasteiger partial charge in [0.1, 0.15) is 18.0 Å². The molecule has 0 aliphatic rings. The van der Waals surface area contributed by atoms with Crippen molar-refractivity contribution in [2.75, 3.05) is 17.6 Å². The molecule has 0 spiro atoms. The second-order valence-corrected chi connectivity index (χ2v) is 5.89. The Morgan fingerprint density at radius 3 is 2.83 bits per heavy atom. The molecule has 3 N–H and O–H groups in total. The van der Waals surface area contributed by atoms with Crippen molar-refractivity contribution in [3.8, 4) is 0 Å². The average Bonchev–Trinajstić information content (AvgIpc) is 2.85. The number of anilines is 2. The van der Waals surface area contributed by atoms with Crippen molar-refractivity contribution in [2.45, 2.75) is 26.2 Å². The second kappa shape index (κ2) is 4.94. The van der Waals surface area contributed by atoms with E-state index in [1.165, 1.54) is 11.2 Å². The van der Waals surface area contributed by atoms with Crippen LogP contribution in [0.5, 0.6) is 0 Å². The van der Waals surface area contributed by atoms with Crippen molar-refractivity contribution >= 4 is 23.0 Å². The zero-order chi connectivity index (χ0) is 13.2. The molecule has 0 saturated carbocycles. The third-order valence-corrected chi connectivity index (χ3v) is 4.24. The molecule has 2 heterocycles. The van der Waals surface area contributed by atoms with Gasteiger partial charge in [0.15, 0.2) is 0 Å². The summed E-state index contributed by atoms with van der Waals surface area (Å²) in [4.78, 5) is 9.54. The summed E-state index contributed by atoms with van der Waals surface area (Å²) in [5.74, 6) is 1.34. The minimum atomic E-state index is 0.0698. The lowest BCUT2D eigenvalue weighted by Crippen LogP contribution is -2.27. The minimum Gasteiger partial charge on any atom is -0.383 e. The molecule has 2 aromatic heterocycles. The van der Waals surface area contributed by atoms with Crippen LogP contribution in [0, 0.1) is 6.92 Å². The third-order valence-electron chi connectivity index (χ3n) is 3.01. The third kappa shape index (κ3) is 2.61. The van der Waals surface area contributed by atoms with Gasteiger partial charge in [0, 0.05) is 22.4 Å². The van der Waals surface area contributed by atoms with E-state index in [1.54, 1.807) is 11.3 Å². The maximum Gasteiger partial charge on any atom is 0.134 e. The molecule has 0 saturated heterocycles. The fourth-order valence-electron chi connectivity index (χ4n) is 1.70. The van der Waals surface area contributed by atoms with E-state index in [2.05, 4.69) is 46.6 Å². The Balaban J connectivity index is 2.10. The van der Waals surface area contributed by atoms with Crippen LogP contribution in [-0.4, -0.2) is 16.5 Å². The number of nitrogen functional groups attached to an aromatic ring is 1. The number of nitrogens with one attached hydrogen (secondary N) is 1. The highest BCUT2D eigenvalue weighted by Crippen LogP contribution is 2.28. The Kier molecular flexibility index (Phi) is 3.52. The van der Waals surface area contributed by atoms with Crippen LogP contribution in [0.4, 0.5) is 11.6 Å². The van der Waals surface area contributed by atoms with Crippen molar-refractivity contribution < 1.29 is 0 Å². The average molecular weight is 262 g/mol. The second-order valence-electron chi connectivity index (χ2n) is 4.95. The quantitative estimate of drug-likeness (QED) is 0.889. The standard InChI is InChI=1S/C13H18N4S/c1-9-11(14)16-8-17-12(9)15-7-13(2,3)10-5-4-6-18-10/h4-6,8H,7H2,1-3H3,(H3,14,15,16,17). The maximum atomic E-state index is 5.77. The van der Waals surface area contributed by atoms with Gasteiger partial charge in [0.05, 0.1) is 0 Å². The van der Waals surface area contributed by atoms with Crippen LogP contribution in [-0.2, 0) is 5.41 Å². The van der Waals surface area contributed by atoms with Crippen LogP contribution < -0.4 is 11.1 Å². The molecule has 0 bridgehead atoms. The van der Waals surface area contributed by atoms with E-state index >= 15 is 0 Å². The molecule has 0 aromatic carbocycles. The summed E-state index contributed by atoms with van der Waals surface area (Å²) >= 11 is 1.77. The van der Waals surface area contributed by atoms with E-state index in [9.17, 15) is 0 Å². The van der Waals surface area contributed by atoms with Gasteiger partial charge in [-0.15, -0.1) is 11.3 Å². The van der Waals surface area contributed by atoms with Crippen LogP contribution in [0.25, 0.3) is 0 Å². The van der Waals surface area contributed by atoms with Crippen molar-refractivity contribution in [2.24, 2.45) is 0 Å². The zero-order valence-electron chi connectivity index (χ0n) is 10.9. The topological polar surface area (TPSA) is 63.8 Å². The van der Waals surface area contributed by atoms with E-state index in [0.717, 1.165) is 17.9 Å². The molecule has 0 aliphatic heterocycles. The van der Waals surface area contributed by atoms with E-state index < -0.39 is 0 Å². The highest BCUT2D eigenvalue weighted by molar-refractivity contribution is 7.10. The molecule has 5 heteroatoms. The first kappa shape index (κ1) is 12.8. The summed E-state index contributed by atoms with van der Waals surface area (Å²) < 4.78 is 0. The Morgan fingerprint density at radius 1 is 1.39 bits per heavy atom. The number of rotatable bonds is 4. The molecular weight excluding hydrogens is 244 g/mol. The molecule has 0 atom stereocenters. The van der Waals surface area contributed by atoms with Crippen molar-refractivity contribution in [1.29, 1.82) is 0 Å². The molecule has 2 rings (SSSR count). The lowest BCUT2D eigenvalue weighted by Gasteiger charge is -2.24. The van der Waals surface area contributed by atoms with Gasteiger partial charge in [-0.05, 0) is 18.4 Å². The largest absolute Gasteiger partial charge is 0.383 e. The molecule has 2 aromatic rings. The van der Waals surface area contributed by atoms with Gasteiger partial charge in [-0.3, -0.25) is 0 Å². The number of nitrogens with zero attached hydrogens (tertiary/aromatic N) is 2. The van der Waals surface area contributed by atoms with E-state index in [4.69, 9.17) is 5.73 Å². The van der Waals surface area contributed by atoms with Gasteiger partial charge in [0.2, 0.25) is 0 Å². The van der Waals surface area contributed by atoms with Crippen LogP contribution in [0.3, 0.4) is 0 Å². The first-order valence-corrected chi connectivity index (χ1v) is 6.73. The first-order chi connectivity index (χ1) is 8.50. The van der Waals surface area contributed by atoms with Gasteiger partial charge in [-0.25, -0.2) is 9.97 Å². The van der Waals surface area contributed by atoms with E-state index in [0.29, 0.717) is 5.82 Å². The molecule has 0 aliphatic carbocycles. The van der Waals surface area contributed by atoms with Crippen LogP contribution in [0.15, 0.2) is 23.8 Å². The van der Waals surface area contributed by atoms with Gasteiger partial charge in [-0.2, -0.15) is 0 Å². The predicted octanol–water partition coefficient (Wildman–Crippen LogP) is 2.82. The molecular formula is C13H18N4S. The summed E-state index contributed by atoms with van der Waals surface area (Å²) in [6.07, 6.45) is 1.49. The summed E-state index contributed by atoms with van der Waals surface area (Å²) in [6, 6.07) is 4.24. The molecule has 0 unspecified atom stereocenters. The molecule has 96 valence electrons.